The summed E-state index contributed by atoms with van der Waals surface area (Å²) in [6.45, 7) is 2.02. The summed E-state index contributed by atoms with van der Waals surface area (Å²) >= 11 is 0. The summed E-state index contributed by atoms with van der Waals surface area (Å²) < 4.78 is 5.53. The number of halogens is 1. The number of ether oxygens (including phenoxy) is 1. The van der Waals surface area contributed by atoms with E-state index < -0.39 is 6.04 Å². The molecule has 3 rings (SSSR count). The lowest BCUT2D eigenvalue weighted by Crippen LogP contribution is -2.46. The molecule has 1 saturated heterocycles. The minimum Gasteiger partial charge on any atom is -0.381 e. The third kappa shape index (κ3) is 4.60. The number of rotatable bonds is 5. The number of nitrogens with one attached hydrogen (secondary N) is 1. The summed E-state index contributed by atoms with van der Waals surface area (Å²) in [5.74, 6) is -0.136. The highest BCUT2D eigenvalue weighted by atomic mass is 35.5. The van der Waals surface area contributed by atoms with Crippen molar-refractivity contribution in [3.8, 4) is 0 Å². The molecule has 134 valence electrons. The lowest BCUT2D eigenvalue weighted by molar-refractivity contribution is -0.123. The van der Waals surface area contributed by atoms with Gasteiger partial charge in [-0.1, -0.05) is 60.7 Å². The van der Waals surface area contributed by atoms with E-state index in [1.54, 1.807) is 0 Å². The van der Waals surface area contributed by atoms with Crippen molar-refractivity contribution in [1.29, 1.82) is 0 Å². The van der Waals surface area contributed by atoms with E-state index in [2.05, 4.69) is 17.4 Å². The van der Waals surface area contributed by atoms with E-state index in [0.29, 0.717) is 6.54 Å². The van der Waals surface area contributed by atoms with Crippen LogP contribution in [0.2, 0.25) is 0 Å². The second kappa shape index (κ2) is 8.99. The summed E-state index contributed by atoms with van der Waals surface area (Å²) in [7, 11) is 0. The van der Waals surface area contributed by atoms with Crippen molar-refractivity contribution < 1.29 is 9.53 Å². The summed E-state index contributed by atoms with van der Waals surface area (Å²) in [4.78, 5) is 12.5. The van der Waals surface area contributed by atoms with Crippen LogP contribution in [0.5, 0.6) is 0 Å². The maximum atomic E-state index is 12.5. The van der Waals surface area contributed by atoms with Gasteiger partial charge in [-0.2, -0.15) is 0 Å². The SMILES string of the molecule is Cl.NC(C(=O)NCC1(c2ccccc2)CCOCC1)c1ccccc1. The smallest absolute Gasteiger partial charge is 0.241 e. The minimum absolute atomic E-state index is 0. The summed E-state index contributed by atoms with van der Waals surface area (Å²) in [6, 6.07) is 19.2. The van der Waals surface area contributed by atoms with Crippen LogP contribution < -0.4 is 11.1 Å². The van der Waals surface area contributed by atoms with Crippen molar-refractivity contribution in [2.45, 2.75) is 24.3 Å². The van der Waals surface area contributed by atoms with Gasteiger partial charge in [-0.25, -0.2) is 0 Å². The molecule has 4 nitrogen and oxygen atoms in total. The first-order chi connectivity index (χ1) is 11.7. The standard InChI is InChI=1S/C20H24N2O2.ClH/c21-18(16-7-3-1-4-8-16)19(23)22-15-20(11-13-24-14-12-20)17-9-5-2-6-10-17;/h1-10,18H,11-15,21H2,(H,22,23);1H. The molecule has 5 heteroatoms. The predicted molar refractivity (Wildman–Crippen MR) is 102 cm³/mol. The Labute approximate surface area is 155 Å². The first-order valence-corrected chi connectivity index (χ1v) is 8.43. The number of carbonyl (C=O) groups excluding carboxylic acids is 1. The van der Waals surface area contributed by atoms with Gasteiger partial charge in [0.2, 0.25) is 5.91 Å². The third-order valence-corrected chi connectivity index (χ3v) is 4.88. The van der Waals surface area contributed by atoms with Gasteiger partial charge in [-0.05, 0) is 24.0 Å². The van der Waals surface area contributed by atoms with Crippen molar-refractivity contribution in [3.05, 3.63) is 71.8 Å². The highest BCUT2D eigenvalue weighted by Gasteiger charge is 2.35. The van der Waals surface area contributed by atoms with Crippen molar-refractivity contribution >= 4 is 18.3 Å². The van der Waals surface area contributed by atoms with E-state index in [-0.39, 0.29) is 23.7 Å². The molecule has 0 aliphatic carbocycles. The lowest BCUT2D eigenvalue weighted by atomic mass is 9.74. The van der Waals surface area contributed by atoms with E-state index in [0.717, 1.165) is 31.6 Å². The Balaban J connectivity index is 0.00000225. The molecule has 1 atom stereocenters. The second-order valence-corrected chi connectivity index (χ2v) is 6.36. The molecule has 25 heavy (non-hydrogen) atoms. The first kappa shape index (κ1) is 19.4. The molecule has 1 aliphatic heterocycles. The van der Waals surface area contributed by atoms with Gasteiger partial charge in [-0.15, -0.1) is 12.4 Å². The molecular weight excluding hydrogens is 336 g/mol. The molecule has 2 aromatic carbocycles. The highest BCUT2D eigenvalue weighted by molar-refractivity contribution is 5.85. The van der Waals surface area contributed by atoms with Gasteiger partial charge >= 0.3 is 0 Å². The fraction of sp³-hybridized carbons (Fsp3) is 0.350. The van der Waals surface area contributed by atoms with Crippen molar-refractivity contribution in [2.24, 2.45) is 5.73 Å². The second-order valence-electron chi connectivity index (χ2n) is 6.36. The average Bonchev–Trinajstić information content (AvgIpc) is 2.67. The predicted octanol–water partition coefficient (Wildman–Crippen LogP) is 2.97. The maximum absolute atomic E-state index is 12.5. The van der Waals surface area contributed by atoms with Gasteiger partial charge in [0.05, 0.1) is 0 Å². The van der Waals surface area contributed by atoms with Crippen LogP contribution in [0.25, 0.3) is 0 Å². The summed E-state index contributed by atoms with van der Waals surface area (Å²) in [6.07, 6.45) is 1.80. The van der Waals surface area contributed by atoms with Crippen molar-refractivity contribution in [3.63, 3.8) is 0 Å². The summed E-state index contributed by atoms with van der Waals surface area (Å²) in [5, 5.41) is 3.07. The Morgan fingerprint density at radius 1 is 1.04 bits per heavy atom. The average molecular weight is 361 g/mol. The topological polar surface area (TPSA) is 64.4 Å². The number of hydrogen-bond donors (Lipinski definition) is 2. The fourth-order valence-electron chi connectivity index (χ4n) is 3.30. The zero-order valence-electron chi connectivity index (χ0n) is 14.2. The number of nitrogens with two attached hydrogens (primary N) is 1. The summed E-state index contributed by atoms with van der Waals surface area (Å²) in [5.41, 5.74) is 8.10. The molecular formula is C20H25ClN2O2. The van der Waals surface area contributed by atoms with Gasteiger partial charge in [0.25, 0.3) is 0 Å². The Kier molecular flexibility index (Phi) is 7.00. The largest absolute Gasteiger partial charge is 0.381 e. The van der Waals surface area contributed by atoms with Crippen molar-refractivity contribution in [2.75, 3.05) is 19.8 Å². The van der Waals surface area contributed by atoms with Crippen molar-refractivity contribution in [1.82, 2.24) is 5.32 Å². The molecule has 0 bridgehead atoms. The van der Waals surface area contributed by atoms with E-state index >= 15 is 0 Å². The van der Waals surface area contributed by atoms with Gasteiger partial charge in [-0.3, -0.25) is 4.79 Å². The molecule has 1 unspecified atom stereocenters. The minimum atomic E-state index is -0.640. The third-order valence-electron chi connectivity index (χ3n) is 4.88. The van der Waals surface area contributed by atoms with Gasteiger partial charge in [0, 0.05) is 25.2 Å². The Bertz CT molecular complexity index is 658. The van der Waals surface area contributed by atoms with E-state index in [9.17, 15) is 4.79 Å². The van der Waals surface area contributed by atoms with Crippen LogP contribution in [0, 0.1) is 0 Å². The molecule has 2 aromatic rings. The molecule has 0 spiro atoms. The molecule has 0 aromatic heterocycles. The van der Waals surface area contributed by atoms with Crippen LogP contribution in [0.15, 0.2) is 60.7 Å². The number of carbonyl (C=O) groups is 1. The van der Waals surface area contributed by atoms with Crippen LogP contribution in [0.4, 0.5) is 0 Å². The monoisotopic (exact) mass is 360 g/mol. The van der Waals surface area contributed by atoms with Crippen LogP contribution in [-0.2, 0) is 14.9 Å². The van der Waals surface area contributed by atoms with E-state index in [4.69, 9.17) is 10.5 Å². The molecule has 1 fully saturated rings. The molecule has 1 amide bonds. The lowest BCUT2D eigenvalue weighted by Gasteiger charge is -2.38. The zero-order chi connectivity index (χ0) is 16.8. The Hall–Kier alpha value is -1.88. The van der Waals surface area contributed by atoms with E-state index in [1.807, 2.05) is 48.5 Å². The molecule has 1 aliphatic rings. The van der Waals surface area contributed by atoms with Crippen LogP contribution >= 0.6 is 12.4 Å². The Morgan fingerprint density at radius 3 is 2.20 bits per heavy atom. The van der Waals surface area contributed by atoms with Crippen LogP contribution in [0.3, 0.4) is 0 Å². The zero-order valence-corrected chi connectivity index (χ0v) is 15.0. The fourth-order valence-corrected chi connectivity index (χ4v) is 3.30. The molecule has 0 radical (unpaired) electrons. The number of benzene rings is 2. The van der Waals surface area contributed by atoms with Gasteiger partial charge < -0.3 is 15.8 Å². The van der Waals surface area contributed by atoms with Crippen LogP contribution in [0.1, 0.15) is 30.0 Å². The van der Waals surface area contributed by atoms with Gasteiger partial charge in [0.1, 0.15) is 6.04 Å². The normalized spacial score (nSPS) is 17.2. The molecule has 3 N–H and O–H groups in total. The quantitative estimate of drug-likeness (QED) is 0.861. The number of amides is 1. The van der Waals surface area contributed by atoms with Gasteiger partial charge in [0.15, 0.2) is 0 Å². The maximum Gasteiger partial charge on any atom is 0.241 e. The Morgan fingerprint density at radius 2 is 1.60 bits per heavy atom. The number of hydrogen-bond acceptors (Lipinski definition) is 3. The van der Waals surface area contributed by atoms with Crippen LogP contribution in [-0.4, -0.2) is 25.7 Å². The first-order valence-electron chi connectivity index (χ1n) is 8.43. The molecule has 0 saturated carbocycles. The molecule has 1 heterocycles. The highest BCUT2D eigenvalue weighted by Crippen LogP contribution is 2.34. The van der Waals surface area contributed by atoms with E-state index in [1.165, 1.54) is 5.56 Å².